The number of amides is 2. The Kier molecular flexibility index (Phi) is 5.81. The number of ether oxygens (including phenoxy) is 1. The van der Waals surface area contributed by atoms with Crippen LogP contribution in [0, 0.1) is 0 Å². The number of nitrogens with zero attached hydrogens (tertiary/aromatic N) is 1. The maximum atomic E-state index is 12.4. The van der Waals surface area contributed by atoms with Crippen LogP contribution in [0.5, 0.6) is 11.5 Å². The van der Waals surface area contributed by atoms with Gasteiger partial charge in [0.1, 0.15) is 17.5 Å². The molecule has 0 aromatic heterocycles. The SMILES string of the molecule is CC(=O)SC1CC(=O)N(Cc2ccc(Oc3ccccc3)cc2)C1C(N)=O. The number of hydrogen-bond donors (Lipinski definition) is 1. The van der Waals surface area contributed by atoms with Crippen molar-refractivity contribution in [2.24, 2.45) is 5.73 Å². The highest BCUT2D eigenvalue weighted by Crippen LogP contribution is 2.32. The highest BCUT2D eigenvalue weighted by molar-refractivity contribution is 8.14. The summed E-state index contributed by atoms with van der Waals surface area (Å²) in [5, 5.41) is -0.573. The number of benzene rings is 2. The van der Waals surface area contributed by atoms with Gasteiger partial charge in [-0.15, -0.1) is 0 Å². The number of hydrogen-bond acceptors (Lipinski definition) is 5. The third-order valence-electron chi connectivity index (χ3n) is 4.25. The van der Waals surface area contributed by atoms with E-state index in [1.54, 1.807) is 0 Å². The number of primary amides is 1. The molecule has 1 aliphatic heterocycles. The second kappa shape index (κ2) is 8.26. The standard InChI is InChI=1S/C20H20N2O4S/c1-13(23)27-17-11-18(24)22(19(17)20(21)25)12-14-7-9-16(10-8-14)26-15-5-3-2-4-6-15/h2-10,17,19H,11-12H2,1H3,(H2,21,25). The number of likely N-dealkylation sites (tertiary alicyclic amines) is 1. The van der Waals surface area contributed by atoms with Crippen molar-refractivity contribution in [2.75, 3.05) is 0 Å². The highest BCUT2D eigenvalue weighted by Gasteiger charge is 2.44. The van der Waals surface area contributed by atoms with Crippen molar-refractivity contribution >= 4 is 28.7 Å². The van der Waals surface area contributed by atoms with E-state index >= 15 is 0 Å². The molecule has 1 aliphatic rings. The van der Waals surface area contributed by atoms with E-state index in [1.165, 1.54) is 11.8 Å². The van der Waals surface area contributed by atoms with Crippen LogP contribution >= 0.6 is 11.8 Å². The first-order valence-corrected chi connectivity index (χ1v) is 9.40. The molecule has 2 atom stereocenters. The summed E-state index contributed by atoms with van der Waals surface area (Å²) in [6.45, 7) is 1.67. The minimum absolute atomic E-state index is 0.132. The van der Waals surface area contributed by atoms with Gasteiger partial charge in [-0.05, 0) is 29.8 Å². The summed E-state index contributed by atoms with van der Waals surface area (Å²) < 4.78 is 5.75. The van der Waals surface area contributed by atoms with Gasteiger partial charge < -0.3 is 15.4 Å². The molecule has 2 N–H and O–H groups in total. The Bertz CT molecular complexity index is 839. The summed E-state index contributed by atoms with van der Waals surface area (Å²) in [6.07, 6.45) is 0.132. The molecule has 2 aromatic carbocycles. The first-order valence-electron chi connectivity index (χ1n) is 8.52. The van der Waals surface area contributed by atoms with Crippen molar-refractivity contribution in [3.8, 4) is 11.5 Å². The fourth-order valence-electron chi connectivity index (χ4n) is 3.08. The van der Waals surface area contributed by atoms with E-state index < -0.39 is 17.2 Å². The zero-order valence-electron chi connectivity index (χ0n) is 14.8. The normalized spacial score (nSPS) is 19.1. The minimum atomic E-state index is -0.786. The zero-order chi connectivity index (χ0) is 19.4. The molecule has 140 valence electrons. The average Bonchev–Trinajstić information content (AvgIpc) is 2.92. The predicted octanol–water partition coefficient (Wildman–Crippen LogP) is 2.71. The van der Waals surface area contributed by atoms with E-state index in [2.05, 4.69) is 0 Å². The second-order valence-corrected chi connectivity index (χ2v) is 7.70. The zero-order valence-corrected chi connectivity index (χ0v) is 15.6. The largest absolute Gasteiger partial charge is 0.457 e. The number of carbonyl (C=O) groups is 3. The molecule has 0 bridgehead atoms. The van der Waals surface area contributed by atoms with Gasteiger partial charge in [-0.1, -0.05) is 42.1 Å². The van der Waals surface area contributed by atoms with E-state index in [0.29, 0.717) is 5.75 Å². The Balaban J connectivity index is 1.70. The molecule has 1 saturated heterocycles. The molecular weight excluding hydrogens is 364 g/mol. The van der Waals surface area contributed by atoms with Gasteiger partial charge in [-0.2, -0.15) is 0 Å². The third-order valence-corrected chi connectivity index (χ3v) is 5.31. The lowest BCUT2D eigenvalue weighted by Gasteiger charge is -2.25. The van der Waals surface area contributed by atoms with Crippen LogP contribution in [-0.2, 0) is 20.9 Å². The van der Waals surface area contributed by atoms with Gasteiger partial charge >= 0.3 is 0 Å². The monoisotopic (exact) mass is 384 g/mol. The summed E-state index contributed by atoms with van der Waals surface area (Å²) in [7, 11) is 0. The van der Waals surface area contributed by atoms with E-state index in [9.17, 15) is 14.4 Å². The van der Waals surface area contributed by atoms with Crippen LogP contribution in [-0.4, -0.2) is 33.1 Å². The van der Waals surface area contributed by atoms with Gasteiger partial charge in [0.15, 0.2) is 5.12 Å². The van der Waals surface area contributed by atoms with Crippen LogP contribution in [0.3, 0.4) is 0 Å². The minimum Gasteiger partial charge on any atom is -0.457 e. The lowest BCUT2D eigenvalue weighted by Crippen LogP contribution is -2.45. The predicted molar refractivity (Wildman–Crippen MR) is 103 cm³/mol. The fraction of sp³-hybridized carbons (Fsp3) is 0.250. The summed E-state index contributed by atoms with van der Waals surface area (Å²) in [6, 6.07) is 15.9. The van der Waals surface area contributed by atoms with Gasteiger partial charge in [0.05, 0.1) is 5.25 Å². The van der Waals surface area contributed by atoms with Crippen molar-refractivity contribution in [3.63, 3.8) is 0 Å². The molecule has 2 aromatic rings. The molecule has 3 rings (SSSR count). The van der Waals surface area contributed by atoms with Gasteiger partial charge in [-0.25, -0.2) is 0 Å². The molecule has 2 amide bonds. The van der Waals surface area contributed by atoms with E-state index in [-0.39, 0.29) is 24.0 Å². The van der Waals surface area contributed by atoms with E-state index in [0.717, 1.165) is 23.1 Å². The second-order valence-electron chi connectivity index (χ2n) is 6.28. The van der Waals surface area contributed by atoms with E-state index in [1.807, 2.05) is 54.6 Å². The maximum Gasteiger partial charge on any atom is 0.241 e. The van der Waals surface area contributed by atoms with E-state index in [4.69, 9.17) is 10.5 Å². The first kappa shape index (κ1) is 19.0. The summed E-state index contributed by atoms with van der Waals surface area (Å²) >= 11 is 0.998. The number of nitrogens with two attached hydrogens (primary N) is 1. The lowest BCUT2D eigenvalue weighted by molar-refractivity contribution is -0.134. The van der Waals surface area contributed by atoms with Gasteiger partial charge in [-0.3, -0.25) is 14.4 Å². The number of para-hydroxylation sites is 1. The quantitative estimate of drug-likeness (QED) is 0.827. The van der Waals surface area contributed by atoms with Crippen molar-refractivity contribution in [1.82, 2.24) is 4.90 Å². The van der Waals surface area contributed by atoms with Gasteiger partial charge in [0, 0.05) is 19.9 Å². The molecule has 1 fully saturated rings. The molecule has 7 heteroatoms. The van der Waals surface area contributed by atoms with Crippen molar-refractivity contribution in [3.05, 3.63) is 60.2 Å². The Hall–Kier alpha value is -2.80. The third kappa shape index (κ3) is 4.68. The van der Waals surface area contributed by atoms with Crippen LogP contribution in [0.15, 0.2) is 54.6 Å². The smallest absolute Gasteiger partial charge is 0.241 e. The summed E-state index contributed by atoms with van der Waals surface area (Å²) in [5.41, 5.74) is 6.35. The Labute approximate surface area is 161 Å². The van der Waals surface area contributed by atoms with Crippen LogP contribution in [0.1, 0.15) is 18.9 Å². The molecule has 0 aliphatic carbocycles. The lowest BCUT2D eigenvalue weighted by atomic mass is 10.1. The van der Waals surface area contributed by atoms with Crippen LogP contribution in [0.25, 0.3) is 0 Å². The van der Waals surface area contributed by atoms with Crippen LogP contribution < -0.4 is 10.5 Å². The Morgan fingerprint density at radius 3 is 2.33 bits per heavy atom. The van der Waals surface area contributed by atoms with Crippen LogP contribution in [0.4, 0.5) is 0 Å². The molecule has 6 nitrogen and oxygen atoms in total. The van der Waals surface area contributed by atoms with Gasteiger partial charge in [0.25, 0.3) is 0 Å². The summed E-state index contributed by atoms with van der Waals surface area (Å²) in [4.78, 5) is 37.1. The molecule has 0 saturated carbocycles. The average molecular weight is 384 g/mol. The first-order chi connectivity index (χ1) is 12.9. The molecule has 1 heterocycles. The molecule has 2 unspecified atom stereocenters. The van der Waals surface area contributed by atoms with Crippen molar-refractivity contribution in [1.29, 1.82) is 0 Å². The highest BCUT2D eigenvalue weighted by atomic mass is 32.2. The molecule has 27 heavy (non-hydrogen) atoms. The number of rotatable bonds is 6. The molecule has 0 spiro atoms. The maximum absolute atomic E-state index is 12.4. The Morgan fingerprint density at radius 1 is 1.11 bits per heavy atom. The Morgan fingerprint density at radius 2 is 1.74 bits per heavy atom. The van der Waals surface area contributed by atoms with Gasteiger partial charge in [0.2, 0.25) is 11.8 Å². The van der Waals surface area contributed by atoms with Crippen molar-refractivity contribution in [2.45, 2.75) is 31.2 Å². The van der Waals surface area contributed by atoms with Crippen molar-refractivity contribution < 1.29 is 19.1 Å². The number of thioether (sulfide) groups is 1. The number of carbonyl (C=O) groups excluding carboxylic acids is 3. The summed E-state index contributed by atoms with van der Waals surface area (Å²) in [5.74, 6) is 0.637. The molecular formula is C20H20N2O4S. The van der Waals surface area contributed by atoms with Crippen LogP contribution in [0.2, 0.25) is 0 Å². The topological polar surface area (TPSA) is 89.7 Å². The fourth-order valence-corrected chi connectivity index (χ4v) is 4.15. The molecule has 0 radical (unpaired) electrons.